The highest BCUT2D eigenvalue weighted by molar-refractivity contribution is 5.75. The molecule has 0 bridgehead atoms. The summed E-state index contributed by atoms with van der Waals surface area (Å²) >= 11 is 0. The molecule has 0 unspecified atom stereocenters. The van der Waals surface area contributed by atoms with Crippen molar-refractivity contribution in [3.63, 3.8) is 0 Å². The molecule has 0 aliphatic rings. The maximum absolute atomic E-state index is 6.31. The number of aromatic nitrogens is 2. The molecule has 4 nitrogen and oxygen atoms in total. The van der Waals surface area contributed by atoms with Gasteiger partial charge in [-0.15, -0.1) is 0 Å². The van der Waals surface area contributed by atoms with Gasteiger partial charge in [-0.1, -0.05) is 44.2 Å². The van der Waals surface area contributed by atoms with Crippen LogP contribution >= 0.6 is 0 Å². The summed E-state index contributed by atoms with van der Waals surface area (Å²) in [6.45, 7) is 12.4. The van der Waals surface area contributed by atoms with Crippen LogP contribution in [0.2, 0.25) is 0 Å². The molecule has 166 valence electrons. The molecule has 1 aromatic heterocycles. The van der Waals surface area contributed by atoms with Crippen LogP contribution in [0.25, 0.3) is 11.0 Å². The minimum absolute atomic E-state index is 0.399. The Balaban J connectivity index is 1.55. The van der Waals surface area contributed by atoms with E-state index in [0.29, 0.717) is 25.7 Å². The smallest absolute Gasteiger partial charge is 0.148 e. The number of nitrogens with zero attached hydrogens (tertiary/aromatic N) is 2. The highest BCUT2D eigenvalue weighted by atomic mass is 16.5. The molecule has 0 spiro atoms. The first-order chi connectivity index (χ1) is 15.4. The fourth-order valence-electron chi connectivity index (χ4n) is 4.14. The SMILES string of the molecule is Cc1cc(C)cc(OCCn2c(COc3cc(C)ccc3C(C)C)nc3ccccc32)c1. The number of aryl methyl sites for hydroxylation is 3. The molecule has 4 rings (SSSR count). The van der Waals surface area contributed by atoms with Crippen LogP contribution in [0, 0.1) is 20.8 Å². The highest BCUT2D eigenvalue weighted by Crippen LogP contribution is 2.28. The van der Waals surface area contributed by atoms with E-state index in [1.807, 2.05) is 18.2 Å². The van der Waals surface area contributed by atoms with Crippen molar-refractivity contribution in [3.8, 4) is 11.5 Å². The molecule has 32 heavy (non-hydrogen) atoms. The number of hydrogen-bond donors (Lipinski definition) is 0. The van der Waals surface area contributed by atoms with Crippen molar-refractivity contribution in [1.82, 2.24) is 9.55 Å². The van der Waals surface area contributed by atoms with Crippen LogP contribution in [-0.2, 0) is 13.2 Å². The maximum atomic E-state index is 6.31. The second-order valence-electron chi connectivity index (χ2n) is 8.82. The molecule has 0 radical (unpaired) electrons. The molecule has 4 heteroatoms. The van der Waals surface area contributed by atoms with E-state index in [1.165, 1.54) is 22.3 Å². The Morgan fingerprint density at radius 3 is 2.34 bits per heavy atom. The quantitative estimate of drug-likeness (QED) is 0.312. The molecular formula is C28H32N2O2. The molecule has 0 atom stereocenters. The monoisotopic (exact) mass is 428 g/mol. The molecule has 0 amide bonds. The van der Waals surface area contributed by atoms with Gasteiger partial charge in [0.15, 0.2) is 0 Å². The van der Waals surface area contributed by atoms with Crippen molar-refractivity contribution in [2.45, 2.75) is 53.7 Å². The summed E-state index contributed by atoms with van der Waals surface area (Å²) in [4.78, 5) is 4.86. The largest absolute Gasteiger partial charge is 0.492 e. The molecule has 4 aromatic rings. The van der Waals surface area contributed by atoms with Gasteiger partial charge in [0.1, 0.15) is 30.5 Å². The average molecular weight is 429 g/mol. The molecule has 1 heterocycles. The van der Waals surface area contributed by atoms with E-state index in [9.17, 15) is 0 Å². The highest BCUT2D eigenvalue weighted by Gasteiger charge is 2.14. The van der Waals surface area contributed by atoms with Gasteiger partial charge in [-0.25, -0.2) is 4.98 Å². The van der Waals surface area contributed by atoms with Gasteiger partial charge < -0.3 is 14.0 Å². The van der Waals surface area contributed by atoms with Gasteiger partial charge >= 0.3 is 0 Å². The molecule has 0 N–H and O–H groups in total. The summed E-state index contributed by atoms with van der Waals surface area (Å²) in [6, 6.07) is 21.0. The van der Waals surface area contributed by atoms with Gasteiger partial charge in [-0.05, 0) is 79.3 Å². The van der Waals surface area contributed by atoms with E-state index >= 15 is 0 Å². The fraction of sp³-hybridized carbons (Fsp3) is 0.321. The van der Waals surface area contributed by atoms with Crippen LogP contribution in [-0.4, -0.2) is 16.2 Å². The van der Waals surface area contributed by atoms with Gasteiger partial charge in [0.25, 0.3) is 0 Å². The molecule has 0 fully saturated rings. The minimum Gasteiger partial charge on any atom is -0.492 e. The first-order valence-corrected chi connectivity index (χ1v) is 11.3. The Hall–Kier alpha value is -3.27. The number of rotatable bonds is 8. The van der Waals surface area contributed by atoms with Gasteiger partial charge in [0, 0.05) is 0 Å². The zero-order valence-electron chi connectivity index (χ0n) is 19.7. The average Bonchev–Trinajstić information content (AvgIpc) is 3.09. The van der Waals surface area contributed by atoms with Gasteiger partial charge in [0.05, 0.1) is 17.6 Å². The number of benzene rings is 3. The minimum atomic E-state index is 0.399. The Morgan fingerprint density at radius 1 is 0.844 bits per heavy atom. The van der Waals surface area contributed by atoms with E-state index in [4.69, 9.17) is 14.5 Å². The summed E-state index contributed by atoms with van der Waals surface area (Å²) in [5.41, 5.74) is 6.91. The topological polar surface area (TPSA) is 36.3 Å². The number of imidazole rings is 1. The van der Waals surface area contributed by atoms with Crippen LogP contribution < -0.4 is 9.47 Å². The Bertz CT molecular complexity index is 1200. The van der Waals surface area contributed by atoms with E-state index < -0.39 is 0 Å². The Kier molecular flexibility index (Phi) is 6.50. The summed E-state index contributed by atoms with van der Waals surface area (Å²) in [6.07, 6.45) is 0. The van der Waals surface area contributed by atoms with Crippen molar-refractivity contribution in [2.24, 2.45) is 0 Å². The number of hydrogen-bond acceptors (Lipinski definition) is 3. The molecule has 0 aliphatic carbocycles. The van der Waals surface area contributed by atoms with Crippen molar-refractivity contribution >= 4 is 11.0 Å². The summed E-state index contributed by atoms with van der Waals surface area (Å²) in [7, 11) is 0. The third-order valence-corrected chi connectivity index (χ3v) is 5.66. The predicted molar refractivity (Wildman–Crippen MR) is 131 cm³/mol. The third kappa shape index (κ3) is 4.96. The zero-order chi connectivity index (χ0) is 22.7. The number of para-hydroxylation sites is 2. The lowest BCUT2D eigenvalue weighted by Crippen LogP contribution is -2.13. The molecular weight excluding hydrogens is 396 g/mol. The van der Waals surface area contributed by atoms with Crippen LogP contribution in [0.5, 0.6) is 11.5 Å². The second-order valence-corrected chi connectivity index (χ2v) is 8.82. The summed E-state index contributed by atoms with van der Waals surface area (Å²) < 4.78 is 14.6. The first-order valence-electron chi connectivity index (χ1n) is 11.3. The lowest BCUT2D eigenvalue weighted by molar-refractivity contribution is 0.270. The van der Waals surface area contributed by atoms with Crippen molar-refractivity contribution in [1.29, 1.82) is 0 Å². The van der Waals surface area contributed by atoms with Crippen LogP contribution in [0.15, 0.2) is 60.7 Å². The van der Waals surface area contributed by atoms with E-state index in [2.05, 4.69) is 81.7 Å². The van der Waals surface area contributed by atoms with Gasteiger partial charge in [-0.2, -0.15) is 0 Å². The third-order valence-electron chi connectivity index (χ3n) is 5.66. The van der Waals surface area contributed by atoms with Gasteiger partial charge in [-0.3, -0.25) is 0 Å². The molecule has 0 saturated heterocycles. The lowest BCUT2D eigenvalue weighted by atomic mass is 10.0. The first kappa shape index (κ1) is 21.9. The number of fused-ring (bicyclic) bond motifs is 1. The summed E-state index contributed by atoms with van der Waals surface area (Å²) in [5, 5.41) is 0. The van der Waals surface area contributed by atoms with Crippen LogP contribution in [0.1, 0.15) is 47.8 Å². The Labute approximate surface area is 190 Å². The second kappa shape index (κ2) is 9.47. The summed E-state index contributed by atoms with van der Waals surface area (Å²) in [5.74, 6) is 3.15. The lowest BCUT2D eigenvalue weighted by Gasteiger charge is -2.16. The predicted octanol–water partition coefficient (Wildman–Crippen LogP) is 6.74. The zero-order valence-corrected chi connectivity index (χ0v) is 19.7. The molecule has 0 aliphatic heterocycles. The van der Waals surface area contributed by atoms with Gasteiger partial charge in [0.2, 0.25) is 0 Å². The van der Waals surface area contributed by atoms with Crippen molar-refractivity contribution in [3.05, 3.63) is 88.7 Å². The van der Waals surface area contributed by atoms with Crippen LogP contribution in [0.4, 0.5) is 0 Å². The molecule has 3 aromatic carbocycles. The maximum Gasteiger partial charge on any atom is 0.148 e. The Morgan fingerprint density at radius 2 is 1.59 bits per heavy atom. The van der Waals surface area contributed by atoms with E-state index in [0.717, 1.165) is 28.4 Å². The number of ether oxygens (including phenoxy) is 2. The normalized spacial score (nSPS) is 11.3. The van der Waals surface area contributed by atoms with E-state index in [-0.39, 0.29) is 0 Å². The van der Waals surface area contributed by atoms with Crippen molar-refractivity contribution < 1.29 is 9.47 Å². The standard InChI is InChI=1S/C28H32N2O2/c1-19(2)24-11-10-20(3)17-27(24)32-18-28-29-25-8-6-7-9-26(25)30(28)12-13-31-23-15-21(4)14-22(5)16-23/h6-11,14-17,19H,12-13,18H2,1-5H3. The van der Waals surface area contributed by atoms with Crippen molar-refractivity contribution in [2.75, 3.05) is 6.61 Å². The fourth-order valence-corrected chi connectivity index (χ4v) is 4.14. The molecule has 0 saturated carbocycles. The van der Waals surface area contributed by atoms with E-state index in [1.54, 1.807) is 0 Å². The van der Waals surface area contributed by atoms with Crippen LogP contribution in [0.3, 0.4) is 0 Å².